The molecule has 1 aliphatic heterocycles. The van der Waals surface area contributed by atoms with Gasteiger partial charge in [0.05, 0.1) is 34.6 Å². The first kappa shape index (κ1) is 45.8. The third-order valence-electron chi connectivity index (χ3n) is 16.3. The van der Waals surface area contributed by atoms with Gasteiger partial charge >= 0.3 is 0 Å². The standard InChI is InChI=1S/C65H55IN4O2/c1-7-63(2,3)52-16-8-12-46-47-14-10-18-56(61(47)71-59(46)52)69(44-27-19-40(38-67)20-28-44)54-33-25-42-24-32-51-55(34-26-43-23-31-50(54)57(42)58(43)51)70(45-29-21-41(39-68)22-30-45)65(6)35-11-15-49-48-13-9-17-53(60(48)72-62(49)65)64(4,5)36-37-66/h8-23,25-31,33-35,62H,7,24,32,36-37H2,1-6H3. The van der Waals surface area contributed by atoms with Crippen LogP contribution in [-0.4, -0.2) is 16.1 Å². The van der Waals surface area contributed by atoms with Crippen molar-refractivity contribution in [1.82, 2.24) is 0 Å². The molecule has 0 spiro atoms. The normalized spacial score (nSPS) is 16.9. The van der Waals surface area contributed by atoms with Crippen LogP contribution < -0.4 is 14.5 Å². The van der Waals surface area contributed by atoms with Crippen LogP contribution in [0, 0.1) is 22.7 Å². The summed E-state index contributed by atoms with van der Waals surface area (Å²) in [5.41, 5.74) is 14.5. The van der Waals surface area contributed by atoms with Gasteiger partial charge in [0, 0.05) is 59.9 Å². The van der Waals surface area contributed by atoms with E-state index in [0.717, 1.165) is 97.2 Å². The second kappa shape index (κ2) is 17.2. The fourth-order valence-corrected chi connectivity index (χ4v) is 13.4. The van der Waals surface area contributed by atoms with Crippen LogP contribution in [0.5, 0.6) is 5.75 Å². The maximum atomic E-state index is 9.99. The first-order chi connectivity index (χ1) is 34.9. The third-order valence-corrected chi connectivity index (χ3v) is 16.9. The average molecular weight is 1050 g/mol. The van der Waals surface area contributed by atoms with Gasteiger partial charge in [0.2, 0.25) is 0 Å². The molecule has 0 N–H and O–H groups in total. The molecule has 0 amide bonds. The molecule has 3 aliphatic rings. The van der Waals surface area contributed by atoms with Crippen LogP contribution in [-0.2, 0) is 23.7 Å². The smallest absolute Gasteiger partial charge is 0.159 e. The lowest BCUT2D eigenvalue weighted by Crippen LogP contribution is -2.54. The Bertz CT molecular complexity index is 3850. The molecule has 9 aromatic rings. The molecule has 72 heavy (non-hydrogen) atoms. The van der Waals surface area contributed by atoms with E-state index in [1.165, 1.54) is 44.0 Å². The van der Waals surface area contributed by atoms with Crippen LogP contribution in [0.2, 0.25) is 0 Å². The molecule has 7 heteroatoms. The molecule has 2 atom stereocenters. The third kappa shape index (κ3) is 6.99. The fourth-order valence-electron chi connectivity index (χ4n) is 12.0. The SMILES string of the molecule is CCC(C)(C)c1cccc2c1oc1c(N(c3ccc(C#N)cc3)c3ccc4c5c3ccc3ccc(N(c6ccc(C#N)cc6)C6(C)C=CC=C7c8cccc(C(C)(C)CCI)c8OC76)c(c35)CC4)cccc12. The van der Waals surface area contributed by atoms with E-state index in [1.54, 1.807) is 0 Å². The van der Waals surface area contributed by atoms with Gasteiger partial charge in [-0.05, 0) is 137 Å². The molecule has 0 fully saturated rings. The van der Waals surface area contributed by atoms with Crippen molar-refractivity contribution >= 4 is 100 Å². The minimum atomic E-state index is -0.675. The molecule has 2 unspecified atom stereocenters. The molecule has 354 valence electrons. The summed E-state index contributed by atoms with van der Waals surface area (Å²) in [6, 6.07) is 54.1. The Morgan fingerprint density at radius 3 is 2.06 bits per heavy atom. The number of ether oxygens (including phenoxy) is 1. The Balaban J connectivity index is 1.07. The van der Waals surface area contributed by atoms with Gasteiger partial charge in [-0.15, -0.1) is 0 Å². The second-order valence-electron chi connectivity index (χ2n) is 21.3. The van der Waals surface area contributed by atoms with Gasteiger partial charge in [-0.3, -0.25) is 0 Å². The number of fused-ring (bicyclic) bond motifs is 6. The predicted octanol–water partition coefficient (Wildman–Crippen LogP) is 17.3. The van der Waals surface area contributed by atoms with E-state index < -0.39 is 5.54 Å². The van der Waals surface area contributed by atoms with Crippen LogP contribution in [0.25, 0.3) is 49.1 Å². The van der Waals surface area contributed by atoms with Gasteiger partial charge in [0.25, 0.3) is 0 Å². The average Bonchev–Trinajstić information content (AvgIpc) is 3.99. The molecule has 2 aliphatic carbocycles. The Morgan fingerprint density at radius 2 is 1.33 bits per heavy atom. The minimum absolute atomic E-state index is 0.0685. The van der Waals surface area contributed by atoms with Gasteiger partial charge in [-0.25, -0.2) is 0 Å². The number of nitrogens with zero attached hydrogens (tertiary/aromatic N) is 4. The van der Waals surface area contributed by atoms with Crippen LogP contribution in [0.15, 0.2) is 162 Å². The number of para-hydroxylation sites is 3. The summed E-state index contributed by atoms with van der Waals surface area (Å²) < 4.78 is 15.5. The number of halogens is 1. The van der Waals surface area contributed by atoms with Gasteiger partial charge in [-0.2, -0.15) is 10.5 Å². The van der Waals surface area contributed by atoms with E-state index in [9.17, 15) is 10.5 Å². The van der Waals surface area contributed by atoms with Crippen molar-refractivity contribution in [3.63, 3.8) is 0 Å². The van der Waals surface area contributed by atoms with Crippen molar-refractivity contribution in [2.75, 3.05) is 14.2 Å². The Labute approximate surface area is 435 Å². The summed E-state index contributed by atoms with van der Waals surface area (Å²) in [5.74, 6) is 0.983. The maximum Gasteiger partial charge on any atom is 0.159 e. The first-order valence-electron chi connectivity index (χ1n) is 25.2. The van der Waals surface area contributed by atoms with E-state index in [4.69, 9.17) is 9.15 Å². The van der Waals surface area contributed by atoms with Gasteiger partial charge in [-0.1, -0.05) is 148 Å². The number of furan rings is 1. The minimum Gasteiger partial charge on any atom is -0.482 e. The zero-order chi connectivity index (χ0) is 49.7. The number of hydrogen-bond donors (Lipinski definition) is 0. The van der Waals surface area contributed by atoms with E-state index >= 15 is 0 Å². The maximum absolute atomic E-state index is 9.99. The van der Waals surface area contributed by atoms with Crippen LogP contribution in [0.1, 0.15) is 93.3 Å². The first-order valence-corrected chi connectivity index (χ1v) is 26.7. The molecule has 0 saturated heterocycles. The number of allylic oxidation sites excluding steroid dienone is 2. The van der Waals surface area contributed by atoms with E-state index in [-0.39, 0.29) is 16.9 Å². The van der Waals surface area contributed by atoms with Crippen LogP contribution >= 0.6 is 22.6 Å². The number of benzene rings is 8. The van der Waals surface area contributed by atoms with Crippen molar-refractivity contribution in [2.45, 2.75) is 89.7 Å². The molecule has 0 saturated carbocycles. The summed E-state index contributed by atoms with van der Waals surface area (Å²) in [6.07, 6.45) is 10.2. The van der Waals surface area contributed by atoms with Gasteiger partial charge in [0.1, 0.15) is 16.9 Å². The number of nitriles is 2. The van der Waals surface area contributed by atoms with Gasteiger partial charge < -0.3 is 19.0 Å². The summed E-state index contributed by atoms with van der Waals surface area (Å²) in [7, 11) is 0. The van der Waals surface area contributed by atoms with E-state index in [0.29, 0.717) is 11.1 Å². The molecule has 12 rings (SSSR count). The highest BCUT2D eigenvalue weighted by molar-refractivity contribution is 14.1. The highest BCUT2D eigenvalue weighted by atomic mass is 127. The molecule has 8 aromatic carbocycles. The lowest BCUT2D eigenvalue weighted by atomic mass is 9.78. The van der Waals surface area contributed by atoms with E-state index in [2.05, 4.69) is 220 Å². The van der Waals surface area contributed by atoms with Crippen molar-refractivity contribution in [1.29, 1.82) is 10.5 Å². The molecule has 0 bridgehead atoms. The van der Waals surface area contributed by atoms with Crippen molar-refractivity contribution < 1.29 is 9.15 Å². The summed E-state index contributed by atoms with van der Waals surface area (Å²) >= 11 is 2.49. The Kier molecular flexibility index (Phi) is 10.9. The lowest BCUT2D eigenvalue weighted by molar-refractivity contribution is 0.206. The highest BCUT2D eigenvalue weighted by Crippen LogP contribution is 2.55. The molecule has 6 nitrogen and oxygen atoms in total. The lowest BCUT2D eigenvalue weighted by Gasteiger charge is -2.47. The van der Waals surface area contributed by atoms with Crippen LogP contribution in [0.4, 0.5) is 28.4 Å². The molecular formula is C65H55IN4O2. The predicted molar refractivity (Wildman–Crippen MR) is 305 cm³/mol. The second-order valence-corrected chi connectivity index (χ2v) is 22.3. The largest absolute Gasteiger partial charge is 0.482 e. The summed E-state index contributed by atoms with van der Waals surface area (Å²) in [4.78, 5) is 4.82. The zero-order valence-corrected chi connectivity index (χ0v) is 43.8. The highest BCUT2D eigenvalue weighted by Gasteiger charge is 2.49. The Morgan fingerprint density at radius 1 is 0.667 bits per heavy atom. The number of aryl methyl sites for hydroxylation is 2. The fraction of sp³-hybridized carbons (Fsp3) is 0.231. The summed E-state index contributed by atoms with van der Waals surface area (Å²) in [5, 5.41) is 26.9. The van der Waals surface area contributed by atoms with Crippen molar-refractivity contribution in [3.8, 4) is 17.9 Å². The number of rotatable bonds is 11. The molecule has 0 radical (unpaired) electrons. The summed E-state index contributed by atoms with van der Waals surface area (Å²) in [6.45, 7) is 13.8. The Hall–Kier alpha value is -7.33. The number of anilines is 5. The number of hydrogen-bond acceptors (Lipinski definition) is 6. The number of alkyl halides is 1. The monoisotopic (exact) mass is 1050 g/mol. The van der Waals surface area contributed by atoms with Crippen LogP contribution in [0.3, 0.4) is 0 Å². The van der Waals surface area contributed by atoms with Gasteiger partial charge in [0.15, 0.2) is 11.7 Å². The van der Waals surface area contributed by atoms with Crippen molar-refractivity contribution in [3.05, 3.63) is 197 Å². The van der Waals surface area contributed by atoms with Crippen molar-refractivity contribution in [2.24, 2.45) is 0 Å². The topological polar surface area (TPSA) is 76.4 Å². The molecule has 1 aromatic heterocycles. The molecular weight excluding hydrogens is 996 g/mol. The molecule has 2 heterocycles. The zero-order valence-electron chi connectivity index (χ0n) is 41.6. The van der Waals surface area contributed by atoms with E-state index in [1.807, 2.05) is 24.3 Å². The quantitative estimate of drug-likeness (QED) is 0.0730.